The van der Waals surface area contributed by atoms with Crippen LogP contribution in [0.15, 0.2) is 42.0 Å². The van der Waals surface area contributed by atoms with Crippen molar-refractivity contribution in [1.82, 2.24) is 9.97 Å². The van der Waals surface area contributed by atoms with Crippen LogP contribution in [0.1, 0.15) is 11.1 Å². The highest BCUT2D eigenvalue weighted by atomic mass is 32.1. The molecule has 0 radical (unpaired) electrons. The molecule has 102 valence electrons. The van der Waals surface area contributed by atoms with Crippen molar-refractivity contribution in [1.29, 1.82) is 0 Å². The molecule has 0 saturated carbocycles. The van der Waals surface area contributed by atoms with E-state index in [9.17, 15) is 0 Å². The Morgan fingerprint density at radius 1 is 1.05 bits per heavy atom. The molecule has 2 heterocycles. The molecule has 3 rings (SSSR count). The second kappa shape index (κ2) is 5.98. The van der Waals surface area contributed by atoms with Crippen LogP contribution in [-0.2, 0) is 13.0 Å². The molecule has 0 aliphatic carbocycles. The van der Waals surface area contributed by atoms with Crippen LogP contribution >= 0.6 is 11.3 Å². The number of anilines is 1. The highest BCUT2D eigenvalue weighted by Crippen LogP contribution is 2.24. The Morgan fingerprint density at radius 2 is 1.85 bits per heavy atom. The quantitative estimate of drug-likeness (QED) is 0.756. The fourth-order valence-corrected chi connectivity index (χ4v) is 2.84. The second-order valence-corrected chi connectivity index (χ2v) is 5.46. The monoisotopic (exact) mass is 284 g/mol. The average Bonchev–Trinajstić information content (AvgIpc) is 2.96. The van der Waals surface area contributed by atoms with Crippen LogP contribution in [0, 0.1) is 0 Å². The maximum absolute atomic E-state index is 5.55. The van der Waals surface area contributed by atoms with Gasteiger partial charge in [0.25, 0.3) is 0 Å². The van der Waals surface area contributed by atoms with Gasteiger partial charge in [0.15, 0.2) is 0 Å². The standard InChI is InChI=1S/C15H16N4S/c16-7-5-11-1-3-12(4-2-11)9-17-14-13-6-8-20-15(13)19-10-18-14/h1-4,6,8,10H,5,7,9,16H2,(H,17,18,19). The van der Waals surface area contributed by atoms with Crippen LogP contribution in [0.4, 0.5) is 5.82 Å². The molecule has 0 aliphatic heterocycles. The molecular formula is C15H16N4S. The van der Waals surface area contributed by atoms with Gasteiger partial charge in [-0.2, -0.15) is 0 Å². The van der Waals surface area contributed by atoms with Gasteiger partial charge in [-0.25, -0.2) is 9.97 Å². The molecule has 0 bridgehead atoms. The number of benzene rings is 1. The first-order chi connectivity index (χ1) is 9.86. The number of aromatic nitrogens is 2. The van der Waals surface area contributed by atoms with Crippen LogP contribution in [0.3, 0.4) is 0 Å². The molecule has 4 nitrogen and oxygen atoms in total. The van der Waals surface area contributed by atoms with Crippen LogP contribution < -0.4 is 11.1 Å². The van der Waals surface area contributed by atoms with Gasteiger partial charge in [-0.15, -0.1) is 11.3 Å². The zero-order valence-electron chi connectivity index (χ0n) is 11.0. The summed E-state index contributed by atoms with van der Waals surface area (Å²) >= 11 is 1.63. The van der Waals surface area contributed by atoms with E-state index in [4.69, 9.17) is 5.73 Å². The van der Waals surface area contributed by atoms with Crippen molar-refractivity contribution in [2.45, 2.75) is 13.0 Å². The third-order valence-corrected chi connectivity index (χ3v) is 4.00. The van der Waals surface area contributed by atoms with Crippen molar-refractivity contribution in [3.05, 3.63) is 53.2 Å². The smallest absolute Gasteiger partial charge is 0.138 e. The number of hydrogen-bond acceptors (Lipinski definition) is 5. The summed E-state index contributed by atoms with van der Waals surface area (Å²) in [6.07, 6.45) is 2.53. The summed E-state index contributed by atoms with van der Waals surface area (Å²) in [5, 5.41) is 6.49. The Labute approximate surface area is 121 Å². The number of rotatable bonds is 5. The van der Waals surface area contributed by atoms with Crippen molar-refractivity contribution >= 4 is 27.4 Å². The second-order valence-electron chi connectivity index (χ2n) is 4.57. The molecule has 0 fully saturated rings. The fourth-order valence-electron chi connectivity index (χ4n) is 2.11. The number of fused-ring (bicyclic) bond motifs is 1. The minimum Gasteiger partial charge on any atom is -0.365 e. The van der Waals surface area contributed by atoms with Crippen molar-refractivity contribution in [3.8, 4) is 0 Å². The van der Waals surface area contributed by atoms with E-state index in [-0.39, 0.29) is 0 Å². The van der Waals surface area contributed by atoms with Crippen LogP contribution in [0.5, 0.6) is 0 Å². The molecule has 0 aliphatic rings. The summed E-state index contributed by atoms with van der Waals surface area (Å²) in [6, 6.07) is 10.6. The summed E-state index contributed by atoms with van der Waals surface area (Å²) < 4.78 is 0. The van der Waals surface area contributed by atoms with E-state index in [1.165, 1.54) is 11.1 Å². The topological polar surface area (TPSA) is 63.8 Å². The van der Waals surface area contributed by atoms with E-state index >= 15 is 0 Å². The minimum atomic E-state index is 0.689. The number of thiophene rings is 1. The van der Waals surface area contributed by atoms with E-state index in [0.717, 1.165) is 29.0 Å². The zero-order valence-corrected chi connectivity index (χ0v) is 11.9. The molecule has 1 aromatic carbocycles. The van der Waals surface area contributed by atoms with Crippen molar-refractivity contribution in [2.75, 3.05) is 11.9 Å². The average molecular weight is 284 g/mol. The molecule has 0 unspecified atom stereocenters. The lowest BCUT2D eigenvalue weighted by Gasteiger charge is -2.07. The predicted octanol–water partition coefficient (Wildman–Crippen LogP) is 2.80. The summed E-state index contributed by atoms with van der Waals surface area (Å²) in [5.74, 6) is 0.891. The zero-order chi connectivity index (χ0) is 13.8. The predicted molar refractivity (Wildman–Crippen MR) is 83.9 cm³/mol. The van der Waals surface area contributed by atoms with Gasteiger partial charge < -0.3 is 11.1 Å². The Hall–Kier alpha value is -1.98. The molecule has 2 aromatic heterocycles. The lowest BCUT2D eigenvalue weighted by molar-refractivity contribution is 0.966. The lowest BCUT2D eigenvalue weighted by Crippen LogP contribution is -2.04. The largest absolute Gasteiger partial charge is 0.365 e. The summed E-state index contributed by atoms with van der Waals surface area (Å²) in [4.78, 5) is 9.57. The molecular weight excluding hydrogens is 268 g/mol. The highest BCUT2D eigenvalue weighted by molar-refractivity contribution is 7.16. The first-order valence-electron chi connectivity index (χ1n) is 6.57. The normalized spacial score (nSPS) is 10.8. The molecule has 3 N–H and O–H groups in total. The summed E-state index contributed by atoms with van der Waals surface area (Å²) in [7, 11) is 0. The SMILES string of the molecule is NCCc1ccc(CNc2ncnc3sccc23)cc1. The number of hydrogen-bond donors (Lipinski definition) is 2. The van der Waals surface area contributed by atoms with Crippen molar-refractivity contribution in [3.63, 3.8) is 0 Å². The van der Waals surface area contributed by atoms with Crippen LogP contribution in [0.25, 0.3) is 10.2 Å². The number of nitrogens with one attached hydrogen (secondary N) is 1. The van der Waals surface area contributed by atoms with Gasteiger partial charge in [-0.3, -0.25) is 0 Å². The Kier molecular flexibility index (Phi) is 3.90. The molecule has 5 heteroatoms. The number of nitrogens with two attached hydrogens (primary N) is 1. The minimum absolute atomic E-state index is 0.689. The molecule has 0 amide bonds. The molecule has 20 heavy (non-hydrogen) atoms. The van der Waals surface area contributed by atoms with Crippen LogP contribution in [0.2, 0.25) is 0 Å². The highest BCUT2D eigenvalue weighted by Gasteiger charge is 2.04. The van der Waals surface area contributed by atoms with Gasteiger partial charge in [-0.05, 0) is 35.5 Å². The van der Waals surface area contributed by atoms with Crippen molar-refractivity contribution < 1.29 is 0 Å². The third-order valence-electron chi connectivity index (χ3n) is 3.18. The number of nitrogens with zero attached hydrogens (tertiary/aromatic N) is 2. The van der Waals surface area contributed by atoms with E-state index in [2.05, 4.69) is 39.6 Å². The molecule has 0 spiro atoms. The van der Waals surface area contributed by atoms with E-state index in [0.29, 0.717) is 6.54 Å². The van der Waals surface area contributed by atoms with Gasteiger partial charge in [-0.1, -0.05) is 24.3 Å². The van der Waals surface area contributed by atoms with Gasteiger partial charge in [0.2, 0.25) is 0 Å². The van der Waals surface area contributed by atoms with Gasteiger partial charge >= 0.3 is 0 Å². The lowest BCUT2D eigenvalue weighted by atomic mass is 10.1. The third kappa shape index (κ3) is 2.79. The van der Waals surface area contributed by atoms with E-state index in [1.54, 1.807) is 17.7 Å². The first-order valence-corrected chi connectivity index (χ1v) is 7.45. The maximum Gasteiger partial charge on any atom is 0.138 e. The van der Waals surface area contributed by atoms with Gasteiger partial charge in [0.05, 0.1) is 5.39 Å². The van der Waals surface area contributed by atoms with Crippen LogP contribution in [-0.4, -0.2) is 16.5 Å². The Balaban J connectivity index is 1.71. The molecule has 3 aromatic rings. The first kappa shape index (κ1) is 13.0. The van der Waals surface area contributed by atoms with Crippen molar-refractivity contribution in [2.24, 2.45) is 5.73 Å². The summed E-state index contributed by atoms with van der Waals surface area (Å²) in [6.45, 7) is 1.44. The van der Waals surface area contributed by atoms with E-state index < -0.39 is 0 Å². The van der Waals surface area contributed by atoms with E-state index in [1.807, 2.05) is 11.4 Å². The molecule has 0 saturated heterocycles. The molecule has 0 atom stereocenters. The Bertz CT molecular complexity index is 690. The van der Waals surface area contributed by atoms with Gasteiger partial charge in [0, 0.05) is 6.54 Å². The summed E-state index contributed by atoms with van der Waals surface area (Å²) in [5.41, 5.74) is 8.06. The maximum atomic E-state index is 5.55. The fraction of sp³-hybridized carbons (Fsp3) is 0.200. The van der Waals surface area contributed by atoms with Gasteiger partial charge in [0.1, 0.15) is 17.0 Å². The Morgan fingerprint density at radius 3 is 2.65 bits per heavy atom.